The van der Waals surface area contributed by atoms with Gasteiger partial charge in [-0.2, -0.15) is 35.1 Å². The minimum Gasteiger partial charge on any atom is -0.451 e. The molecule has 0 N–H and O–H groups in total. The van der Waals surface area contributed by atoms with Gasteiger partial charge in [-0.25, -0.2) is 0 Å². The molecule has 0 saturated heterocycles. The summed E-state index contributed by atoms with van der Waals surface area (Å²) in [6.07, 6.45) is -18.1. The topological polar surface area (TPSA) is 18.5 Å². The van der Waals surface area contributed by atoms with Crippen molar-refractivity contribution in [3.63, 3.8) is 0 Å². The van der Waals surface area contributed by atoms with Crippen LogP contribution >= 0.6 is 15.9 Å². The quantitative estimate of drug-likeness (QED) is 0.681. The highest BCUT2D eigenvalue weighted by Crippen LogP contribution is 2.38. The predicted octanol–water partition coefficient (Wildman–Crippen LogP) is 4.92. The number of hydrogen-bond acceptors (Lipinski definition) is 2. The number of hydrogen-bond donors (Lipinski definition) is 0. The zero-order valence-electron chi connectivity index (χ0n) is 9.60. The molecule has 11 heteroatoms. The maximum atomic E-state index is 12.7. The summed E-state index contributed by atoms with van der Waals surface area (Å²) in [5, 5.41) is 0. The Labute approximate surface area is 120 Å². The first-order valence-corrected chi connectivity index (χ1v) is 5.75. The van der Waals surface area contributed by atoms with Crippen molar-refractivity contribution < 1.29 is 44.6 Å². The molecule has 0 bridgehead atoms. The maximum Gasteiger partial charge on any atom is 0.457 e. The van der Waals surface area contributed by atoms with E-state index in [9.17, 15) is 35.1 Å². The molecule has 21 heavy (non-hydrogen) atoms. The minimum absolute atomic E-state index is 0.594. The second-order valence-corrected chi connectivity index (χ2v) is 4.31. The standard InChI is InChI=1S/C10H5BrF8O2/c11-6-4(20-7(12)9(14,15)16)2-1-3-5(6)21-8(13)10(17,18)19/h1-3,7-8H. The summed E-state index contributed by atoms with van der Waals surface area (Å²) in [5.41, 5.74) is 0. The van der Waals surface area contributed by atoms with E-state index in [1.165, 1.54) is 0 Å². The Balaban J connectivity index is 2.94. The van der Waals surface area contributed by atoms with Crippen LogP contribution in [0.3, 0.4) is 0 Å². The van der Waals surface area contributed by atoms with Gasteiger partial charge in [0, 0.05) is 0 Å². The molecule has 0 aliphatic rings. The Bertz CT molecular complexity index is 447. The molecule has 0 amide bonds. The number of alkyl halides is 8. The zero-order chi connectivity index (χ0) is 16.4. The van der Waals surface area contributed by atoms with E-state index in [1.54, 1.807) is 0 Å². The van der Waals surface area contributed by atoms with Crippen LogP contribution in [0.4, 0.5) is 35.1 Å². The van der Waals surface area contributed by atoms with Crippen LogP contribution in [0.5, 0.6) is 11.5 Å². The molecule has 0 fully saturated rings. The molecule has 2 atom stereocenters. The maximum absolute atomic E-state index is 12.7. The van der Waals surface area contributed by atoms with Crippen LogP contribution in [0.15, 0.2) is 22.7 Å². The van der Waals surface area contributed by atoms with E-state index in [1.807, 2.05) is 0 Å². The molecule has 1 aromatic carbocycles. The molecule has 0 radical (unpaired) electrons. The van der Waals surface area contributed by atoms with Crippen molar-refractivity contribution in [1.29, 1.82) is 0 Å². The fourth-order valence-electron chi connectivity index (χ4n) is 1.03. The summed E-state index contributed by atoms with van der Waals surface area (Å²) in [6, 6.07) is 2.56. The van der Waals surface area contributed by atoms with Gasteiger partial charge >= 0.3 is 25.1 Å². The van der Waals surface area contributed by atoms with Gasteiger partial charge in [-0.05, 0) is 28.1 Å². The molecule has 1 rings (SSSR count). The molecule has 0 spiro atoms. The van der Waals surface area contributed by atoms with Crippen molar-refractivity contribution in [1.82, 2.24) is 0 Å². The second kappa shape index (κ2) is 6.24. The largest absolute Gasteiger partial charge is 0.457 e. The number of rotatable bonds is 4. The Hall–Kier alpha value is -1.26. The number of halogens is 9. The van der Waals surface area contributed by atoms with Crippen LogP contribution < -0.4 is 9.47 Å². The van der Waals surface area contributed by atoms with E-state index < -0.39 is 41.0 Å². The van der Waals surface area contributed by atoms with Crippen LogP contribution in [0, 0.1) is 0 Å². The average molecular weight is 389 g/mol. The molecule has 1 aromatic rings. The van der Waals surface area contributed by atoms with Crippen LogP contribution in [0.1, 0.15) is 0 Å². The third kappa shape index (κ3) is 4.90. The first-order valence-electron chi connectivity index (χ1n) is 4.96. The smallest absolute Gasteiger partial charge is 0.451 e. The molecule has 0 aliphatic heterocycles. The molecule has 0 aliphatic carbocycles. The van der Waals surface area contributed by atoms with E-state index in [0.29, 0.717) is 0 Å². The van der Waals surface area contributed by atoms with Crippen LogP contribution in [0.25, 0.3) is 0 Å². The van der Waals surface area contributed by atoms with Crippen molar-refractivity contribution in [2.75, 3.05) is 0 Å². The van der Waals surface area contributed by atoms with Gasteiger partial charge in [0.05, 0.1) is 0 Å². The summed E-state index contributed by atoms with van der Waals surface area (Å²) >= 11 is 2.55. The second-order valence-electron chi connectivity index (χ2n) is 3.52. The Kier molecular flexibility index (Phi) is 5.29. The third-order valence-corrected chi connectivity index (χ3v) is 2.69. The van der Waals surface area contributed by atoms with Crippen molar-refractivity contribution in [3.8, 4) is 11.5 Å². The fraction of sp³-hybridized carbons (Fsp3) is 0.400. The summed E-state index contributed by atoms with van der Waals surface area (Å²) in [4.78, 5) is 0. The third-order valence-electron chi connectivity index (χ3n) is 1.90. The van der Waals surface area contributed by atoms with Crippen molar-refractivity contribution >= 4 is 15.9 Å². The molecule has 0 saturated carbocycles. The zero-order valence-corrected chi connectivity index (χ0v) is 11.2. The van der Waals surface area contributed by atoms with Gasteiger partial charge in [-0.15, -0.1) is 0 Å². The van der Waals surface area contributed by atoms with Gasteiger partial charge in [0.15, 0.2) is 0 Å². The first kappa shape index (κ1) is 17.8. The summed E-state index contributed by atoms with van der Waals surface area (Å²) in [6.45, 7) is 0. The summed E-state index contributed by atoms with van der Waals surface area (Å²) in [5.74, 6) is -1.60. The van der Waals surface area contributed by atoms with E-state index in [4.69, 9.17) is 0 Å². The molecular formula is C10H5BrF8O2. The van der Waals surface area contributed by atoms with Crippen molar-refractivity contribution in [3.05, 3.63) is 22.7 Å². The lowest BCUT2D eigenvalue weighted by atomic mass is 10.3. The molecule has 120 valence electrons. The Morgan fingerprint density at radius 3 is 1.43 bits per heavy atom. The lowest BCUT2D eigenvalue weighted by molar-refractivity contribution is -0.238. The van der Waals surface area contributed by atoms with Crippen molar-refractivity contribution in [2.45, 2.75) is 25.1 Å². The van der Waals surface area contributed by atoms with Crippen molar-refractivity contribution in [2.24, 2.45) is 0 Å². The lowest BCUT2D eigenvalue weighted by Crippen LogP contribution is -2.31. The molecular weight excluding hydrogens is 384 g/mol. The van der Waals surface area contributed by atoms with Gasteiger partial charge in [-0.3, -0.25) is 0 Å². The lowest BCUT2D eigenvalue weighted by Gasteiger charge is -2.18. The average Bonchev–Trinajstić information content (AvgIpc) is 2.31. The van der Waals surface area contributed by atoms with Gasteiger partial charge < -0.3 is 9.47 Å². The number of ether oxygens (including phenoxy) is 2. The highest BCUT2D eigenvalue weighted by Gasteiger charge is 2.44. The van der Waals surface area contributed by atoms with Gasteiger partial charge in [0.25, 0.3) is 0 Å². The molecule has 0 aromatic heterocycles. The molecule has 2 nitrogen and oxygen atoms in total. The monoisotopic (exact) mass is 388 g/mol. The fourth-order valence-corrected chi connectivity index (χ4v) is 1.48. The Morgan fingerprint density at radius 2 is 1.14 bits per heavy atom. The highest BCUT2D eigenvalue weighted by atomic mass is 79.9. The van der Waals surface area contributed by atoms with Crippen LogP contribution in [-0.4, -0.2) is 25.1 Å². The predicted molar refractivity (Wildman–Crippen MR) is 57.3 cm³/mol. The first-order chi connectivity index (χ1) is 9.43. The summed E-state index contributed by atoms with van der Waals surface area (Å²) in [7, 11) is 0. The van der Waals surface area contributed by atoms with E-state index in [0.717, 1.165) is 18.2 Å². The molecule has 2 unspecified atom stereocenters. The molecule has 0 heterocycles. The minimum atomic E-state index is -5.33. The SMILES string of the molecule is FC(Oc1cccc(OC(F)C(F)(F)F)c1Br)C(F)(F)F. The highest BCUT2D eigenvalue weighted by molar-refractivity contribution is 9.10. The number of benzene rings is 1. The van der Waals surface area contributed by atoms with Gasteiger partial charge in [0.2, 0.25) is 0 Å². The normalized spacial score (nSPS) is 15.5. The van der Waals surface area contributed by atoms with Gasteiger partial charge in [0.1, 0.15) is 16.0 Å². The van der Waals surface area contributed by atoms with E-state index in [2.05, 4.69) is 25.4 Å². The van der Waals surface area contributed by atoms with Gasteiger partial charge in [-0.1, -0.05) is 6.07 Å². The van der Waals surface area contributed by atoms with E-state index >= 15 is 0 Å². The van der Waals surface area contributed by atoms with Crippen LogP contribution in [0.2, 0.25) is 0 Å². The summed E-state index contributed by atoms with van der Waals surface area (Å²) < 4.78 is 104. The Morgan fingerprint density at radius 1 is 0.810 bits per heavy atom. The van der Waals surface area contributed by atoms with Crippen LogP contribution in [-0.2, 0) is 0 Å². The van der Waals surface area contributed by atoms with E-state index in [-0.39, 0.29) is 0 Å².